The first-order valence-electron chi connectivity index (χ1n) is 23.6. The van der Waals surface area contributed by atoms with Crippen molar-refractivity contribution in [1.82, 2.24) is 25.2 Å². The Morgan fingerprint density at radius 1 is 0.910 bits per heavy atom. The number of fused-ring (bicyclic) bond motifs is 2. The predicted octanol–water partition coefficient (Wildman–Crippen LogP) is 11.4. The van der Waals surface area contributed by atoms with Gasteiger partial charge in [-0.1, -0.05) is 75.4 Å². The number of benzene rings is 4. The number of hydrogen-bond acceptors (Lipinski definition) is 8. The minimum absolute atomic E-state index is 0.0240. The number of imidazole rings is 1. The number of aromatic nitrogens is 3. The first-order valence-corrected chi connectivity index (χ1v) is 26.5. The van der Waals surface area contributed by atoms with E-state index in [1.165, 1.54) is 6.07 Å². The number of rotatable bonds is 16. The van der Waals surface area contributed by atoms with E-state index in [2.05, 4.69) is 90.4 Å². The van der Waals surface area contributed by atoms with Gasteiger partial charge in [0.25, 0.3) is 0 Å². The van der Waals surface area contributed by atoms with Gasteiger partial charge in [-0.3, -0.25) is 9.69 Å². The molecule has 4 aromatic carbocycles. The highest BCUT2D eigenvalue weighted by Gasteiger charge is 2.40. The van der Waals surface area contributed by atoms with Crippen molar-refractivity contribution in [2.24, 2.45) is 0 Å². The third-order valence-electron chi connectivity index (χ3n) is 13.4. The molecule has 1 aliphatic rings. The van der Waals surface area contributed by atoms with E-state index in [4.69, 9.17) is 14.1 Å². The van der Waals surface area contributed by atoms with Crippen LogP contribution in [0.1, 0.15) is 103 Å². The smallest absolute Gasteiger partial charge is 0.412 e. The summed E-state index contributed by atoms with van der Waals surface area (Å²) in [7, 11) is -2.23. The zero-order valence-corrected chi connectivity index (χ0v) is 41.3. The quantitative estimate of drug-likeness (QED) is 0.0468. The molecule has 1 saturated carbocycles. The van der Waals surface area contributed by atoms with Gasteiger partial charge >= 0.3 is 12.2 Å². The Morgan fingerprint density at radius 3 is 2.34 bits per heavy atom. The van der Waals surface area contributed by atoms with E-state index < -0.39 is 26.1 Å². The average Bonchev–Trinajstić information content (AvgIpc) is 3.67. The summed E-state index contributed by atoms with van der Waals surface area (Å²) in [5.41, 5.74) is 7.15. The minimum Gasteiger partial charge on any atom is -0.506 e. The fourth-order valence-electron chi connectivity index (χ4n) is 8.85. The molecule has 1 atom stereocenters. The summed E-state index contributed by atoms with van der Waals surface area (Å²) < 4.78 is 14.7. The molecule has 0 bridgehead atoms. The van der Waals surface area contributed by atoms with Crippen LogP contribution < -0.4 is 21.1 Å². The Hall–Kier alpha value is -5.96. The summed E-state index contributed by atoms with van der Waals surface area (Å²) >= 11 is 0. The van der Waals surface area contributed by atoms with Crippen molar-refractivity contribution in [1.29, 1.82) is 0 Å². The van der Waals surface area contributed by atoms with Crippen molar-refractivity contribution in [2.45, 2.75) is 141 Å². The molecule has 13 nitrogen and oxygen atoms in total. The molecule has 356 valence electrons. The number of aryl methyl sites for hydroxylation is 2. The highest BCUT2D eigenvalue weighted by Crippen LogP contribution is 2.42. The number of hydrogen-bond donors (Lipinski definition) is 5. The summed E-state index contributed by atoms with van der Waals surface area (Å²) in [5, 5.41) is 28.7. The number of amides is 2. The number of carbonyl (C=O) groups is 2. The number of carboxylic acid groups (broad SMARTS) is 1. The Labute approximate surface area is 395 Å². The van der Waals surface area contributed by atoms with E-state index in [9.17, 15) is 24.6 Å². The number of unbranched alkanes of at least 4 members (excludes halogenated alkanes) is 1. The lowest BCUT2D eigenvalue weighted by molar-refractivity contribution is 0.0490. The van der Waals surface area contributed by atoms with Gasteiger partial charge in [0, 0.05) is 48.7 Å². The maximum Gasteiger partial charge on any atom is 0.412 e. The summed E-state index contributed by atoms with van der Waals surface area (Å²) in [6.45, 7) is 18.5. The summed E-state index contributed by atoms with van der Waals surface area (Å²) in [4.78, 5) is 46.9. The van der Waals surface area contributed by atoms with Crippen LogP contribution in [-0.2, 0) is 28.7 Å². The van der Waals surface area contributed by atoms with Crippen molar-refractivity contribution in [3.8, 4) is 16.9 Å². The number of pyridine rings is 1. The molecular weight excluding hydrogens is 861 g/mol. The number of aromatic amines is 1. The van der Waals surface area contributed by atoms with Crippen LogP contribution in [0.25, 0.3) is 33.1 Å². The van der Waals surface area contributed by atoms with Crippen LogP contribution in [0.5, 0.6) is 5.75 Å². The first kappa shape index (κ1) is 49.0. The number of nitrogens with zero attached hydrogens (tertiary/aromatic N) is 3. The Bertz CT molecular complexity index is 2730. The number of phenols is 1. The summed E-state index contributed by atoms with van der Waals surface area (Å²) in [5.74, 6) is 0.0261. The molecular formula is C53H68N6O7Si. The molecule has 7 rings (SSSR count). The Morgan fingerprint density at radius 2 is 1.64 bits per heavy atom. The second-order valence-corrected chi connectivity index (χ2v) is 25.3. The lowest BCUT2D eigenvalue weighted by Crippen LogP contribution is -2.47. The van der Waals surface area contributed by atoms with Crippen molar-refractivity contribution >= 4 is 48.1 Å². The van der Waals surface area contributed by atoms with Crippen molar-refractivity contribution in [3.63, 3.8) is 0 Å². The molecule has 5 N–H and O–H groups in total. The number of anilines is 1. The van der Waals surface area contributed by atoms with Crippen LogP contribution in [-0.4, -0.2) is 69.5 Å². The van der Waals surface area contributed by atoms with Gasteiger partial charge in [0.15, 0.2) is 8.32 Å². The van der Waals surface area contributed by atoms with Crippen LogP contribution in [0.15, 0.2) is 102 Å². The van der Waals surface area contributed by atoms with Gasteiger partial charge in [-0.15, -0.1) is 0 Å². The molecule has 0 aliphatic heterocycles. The van der Waals surface area contributed by atoms with Crippen molar-refractivity contribution in [3.05, 3.63) is 124 Å². The second-order valence-electron chi connectivity index (χ2n) is 20.5. The fraction of sp³-hybridized carbons (Fsp3) is 0.434. The van der Waals surface area contributed by atoms with Gasteiger partial charge < -0.3 is 39.6 Å². The predicted molar refractivity (Wildman–Crippen MR) is 269 cm³/mol. The third kappa shape index (κ3) is 12.1. The lowest BCUT2D eigenvalue weighted by atomic mass is 9.89. The molecule has 0 radical (unpaired) electrons. The summed E-state index contributed by atoms with van der Waals surface area (Å²) in [6.07, 6.45) is 5.35. The Kier molecular flexibility index (Phi) is 15.0. The van der Waals surface area contributed by atoms with Gasteiger partial charge in [-0.25, -0.2) is 14.6 Å². The summed E-state index contributed by atoms with van der Waals surface area (Å²) in [6, 6.07) is 29.0. The number of phenolic OH excluding ortho intramolecular Hbond substituents is 1. The van der Waals surface area contributed by atoms with Gasteiger partial charge in [0.1, 0.15) is 11.4 Å². The van der Waals surface area contributed by atoms with Crippen LogP contribution in [0.3, 0.4) is 0 Å². The number of ether oxygens (including phenoxy) is 1. The highest BCUT2D eigenvalue weighted by atomic mass is 28.4. The second kappa shape index (κ2) is 20.5. The molecule has 1 unspecified atom stereocenters. The molecule has 2 amide bonds. The molecule has 1 fully saturated rings. The Balaban J connectivity index is 0.988. The molecule has 14 heteroatoms. The molecule has 2 aromatic heterocycles. The van der Waals surface area contributed by atoms with Gasteiger partial charge in [-0.2, -0.15) is 0 Å². The number of aromatic hydroxyl groups is 1. The largest absolute Gasteiger partial charge is 0.506 e. The lowest BCUT2D eigenvalue weighted by Gasteiger charge is -2.39. The number of alkyl carbamates (subject to hydrolysis) is 1. The maximum absolute atomic E-state index is 13.1. The molecule has 67 heavy (non-hydrogen) atoms. The number of nitrogens with one attached hydrogen (secondary N) is 3. The van der Waals surface area contributed by atoms with Crippen LogP contribution >= 0.6 is 0 Å². The van der Waals surface area contributed by atoms with E-state index in [1.807, 2.05) is 63.5 Å². The van der Waals surface area contributed by atoms with Gasteiger partial charge in [-0.05, 0) is 136 Å². The third-order valence-corrected chi connectivity index (χ3v) is 17.8. The average molecular weight is 929 g/mol. The van der Waals surface area contributed by atoms with E-state index in [0.29, 0.717) is 50.0 Å². The fourth-order valence-corrected chi connectivity index (χ4v) is 10.1. The molecule has 2 heterocycles. The number of carbonyl (C=O) groups excluding carboxylic acids is 1. The molecule has 6 aromatic rings. The molecule has 0 spiro atoms. The minimum atomic E-state index is -2.23. The van der Waals surface area contributed by atoms with Crippen LogP contribution in [0, 0.1) is 0 Å². The van der Waals surface area contributed by atoms with Crippen molar-refractivity contribution < 1.29 is 29.0 Å². The maximum atomic E-state index is 13.1. The van der Waals surface area contributed by atoms with E-state index in [1.54, 1.807) is 17.0 Å². The van der Waals surface area contributed by atoms with Crippen LogP contribution in [0.2, 0.25) is 18.1 Å². The van der Waals surface area contributed by atoms with Gasteiger partial charge in [0.05, 0.1) is 34.7 Å². The van der Waals surface area contributed by atoms with E-state index in [0.717, 1.165) is 70.0 Å². The molecule has 0 saturated heterocycles. The van der Waals surface area contributed by atoms with E-state index >= 15 is 0 Å². The van der Waals surface area contributed by atoms with Crippen molar-refractivity contribution in [2.75, 3.05) is 11.4 Å². The molecule has 1 aliphatic carbocycles. The highest BCUT2D eigenvalue weighted by molar-refractivity contribution is 6.74. The van der Waals surface area contributed by atoms with Crippen LogP contribution in [0.4, 0.5) is 15.3 Å². The monoisotopic (exact) mass is 928 g/mol. The van der Waals surface area contributed by atoms with E-state index in [-0.39, 0.29) is 34.5 Å². The standard InChI is InChI=1S/C53H68N6O7Si/c1-52(2,3)65-50(62)56-38-19-21-39(22-20-38)59(51(63)64)45-31-35(17-23-40(45)37-15-10-9-11-16-37)14-12-13-29-58-34-55-43-30-36(18-26-44(43)58)32-54-33-47(66-67(7,8)53(4,5)6)41-24-27-46(60)49-42(41)25-28-48(61)57-49/h9-11,15-18,23-28,30-31,34,38-39,47,54,60H,12-14,19-22,29,32-33H2,1-8H3,(H,56,62)(H,57,61)(H,63,64). The first-order chi connectivity index (χ1) is 31.8. The normalized spacial score (nSPS) is 16.2. The zero-order valence-electron chi connectivity index (χ0n) is 40.3. The SMILES string of the molecule is CC(C)(C)OC(=O)NC1CCC(N(C(=O)O)c2cc(CCCCn3cnc4cc(CNCC(O[Si](C)(C)C(C)(C)C)c5ccc(O)c6[nH]c(=O)ccc56)ccc43)ccc2-c2ccccc2)CC1. The topological polar surface area (TPSA) is 171 Å². The van der Waals surface area contributed by atoms with Gasteiger partial charge in [0.2, 0.25) is 5.56 Å². The zero-order chi connectivity index (χ0) is 48.1. The number of H-pyrrole nitrogens is 1.